The molecular formula is C10H4ClF4NO. The monoisotopic (exact) mass is 265 g/mol. The number of hydrogen-bond donors (Lipinski definition) is 0. The molecule has 1 aromatic rings. The molecule has 0 atom stereocenters. The topological polar surface area (TPSA) is 40.9 Å². The van der Waals surface area contributed by atoms with Crippen LogP contribution in [0.15, 0.2) is 12.1 Å². The molecule has 2 nitrogen and oxygen atoms in total. The second-order valence-corrected chi connectivity index (χ2v) is 3.31. The van der Waals surface area contributed by atoms with Gasteiger partial charge in [0.2, 0.25) is 0 Å². The van der Waals surface area contributed by atoms with Crippen LogP contribution in [-0.2, 0) is 6.18 Å². The van der Waals surface area contributed by atoms with E-state index in [1.165, 1.54) is 0 Å². The average molecular weight is 266 g/mol. The molecule has 0 saturated heterocycles. The van der Waals surface area contributed by atoms with E-state index in [-0.39, 0.29) is 0 Å². The number of nitrogens with zero attached hydrogens (tertiary/aromatic N) is 1. The number of rotatable bonds is 2. The second-order valence-electron chi connectivity index (χ2n) is 3.05. The van der Waals surface area contributed by atoms with Crippen LogP contribution in [0.2, 0.25) is 0 Å². The molecule has 0 aromatic heterocycles. The van der Waals surface area contributed by atoms with Gasteiger partial charge in [-0.05, 0) is 12.1 Å². The number of carbonyl (C=O) groups excluding carboxylic acids is 1. The minimum absolute atomic E-state index is 0.423. The summed E-state index contributed by atoms with van der Waals surface area (Å²) in [5, 5.41) is 8.45. The van der Waals surface area contributed by atoms with Gasteiger partial charge in [-0.25, -0.2) is 4.39 Å². The Balaban J connectivity index is 3.52. The average Bonchev–Trinajstić information content (AvgIpc) is 2.25. The number of hydrogen-bond acceptors (Lipinski definition) is 2. The van der Waals surface area contributed by atoms with Crippen molar-refractivity contribution in [1.82, 2.24) is 0 Å². The SMILES string of the molecule is N#Cc1c(F)cc(C(=O)CCl)cc1C(F)(F)F. The Morgan fingerprint density at radius 1 is 1.41 bits per heavy atom. The number of benzene rings is 1. The summed E-state index contributed by atoms with van der Waals surface area (Å²) in [6, 6.07) is 2.11. The Hall–Kier alpha value is -1.61. The molecule has 0 fully saturated rings. The summed E-state index contributed by atoms with van der Waals surface area (Å²) >= 11 is 5.16. The van der Waals surface area contributed by atoms with Crippen molar-refractivity contribution in [2.45, 2.75) is 6.18 Å². The van der Waals surface area contributed by atoms with Crippen molar-refractivity contribution >= 4 is 17.4 Å². The van der Waals surface area contributed by atoms with E-state index in [1.54, 1.807) is 0 Å². The molecule has 90 valence electrons. The number of carbonyl (C=O) groups is 1. The Labute approximate surface area is 98.4 Å². The third kappa shape index (κ3) is 2.74. The highest BCUT2D eigenvalue weighted by atomic mass is 35.5. The van der Waals surface area contributed by atoms with Gasteiger partial charge in [0, 0.05) is 5.56 Å². The molecule has 0 unspecified atom stereocenters. The van der Waals surface area contributed by atoms with Crippen molar-refractivity contribution in [3.8, 4) is 6.07 Å². The van der Waals surface area contributed by atoms with Gasteiger partial charge in [0.15, 0.2) is 5.78 Å². The first-order valence-corrected chi connectivity index (χ1v) is 4.74. The third-order valence-electron chi connectivity index (χ3n) is 1.95. The Kier molecular flexibility index (Phi) is 3.73. The van der Waals surface area contributed by atoms with E-state index < -0.39 is 40.3 Å². The maximum Gasteiger partial charge on any atom is 0.417 e. The number of nitriles is 1. The molecule has 0 aliphatic carbocycles. The fourth-order valence-corrected chi connectivity index (χ4v) is 1.34. The molecule has 0 aliphatic rings. The van der Waals surface area contributed by atoms with Crippen LogP contribution in [-0.4, -0.2) is 11.7 Å². The molecule has 7 heteroatoms. The zero-order valence-electron chi connectivity index (χ0n) is 8.11. The third-order valence-corrected chi connectivity index (χ3v) is 2.19. The van der Waals surface area contributed by atoms with E-state index in [2.05, 4.69) is 0 Å². The number of Topliss-reactive ketones (excluding diaryl/α,β-unsaturated/α-hetero) is 1. The van der Waals surface area contributed by atoms with E-state index in [0.717, 1.165) is 6.07 Å². The maximum absolute atomic E-state index is 13.2. The standard InChI is InChI=1S/C10H4ClF4NO/c11-3-9(17)5-1-7(10(13,14)15)6(4-16)8(12)2-5/h1-2H,3H2. The van der Waals surface area contributed by atoms with Gasteiger partial charge in [-0.3, -0.25) is 4.79 Å². The molecule has 1 aromatic carbocycles. The summed E-state index contributed by atoms with van der Waals surface area (Å²) in [5.74, 6) is -2.81. The van der Waals surface area contributed by atoms with Crippen LogP contribution in [0.1, 0.15) is 21.5 Å². The van der Waals surface area contributed by atoms with E-state index in [0.29, 0.717) is 12.1 Å². The molecule has 0 bridgehead atoms. The van der Waals surface area contributed by atoms with Gasteiger partial charge in [-0.1, -0.05) is 0 Å². The smallest absolute Gasteiger partial charge is 0.293 e. The van der Waals surface area contributed by atoms with Crippen molar-refractivity contribution < 1.29 is 22.4 Å². The molecule has 0 aliphatic heterocycles. The van der Waals surface area contributed by atoms with Gasteiger partial charge >= 0.3 is 6.18 Å². The molecular weight excluding hydrogens is 262 g/mol. The molecule has 17 heavy (non-hydrogen) atoms. The predicted octanol–water partition coefficient (Wildman–Crippen LogP) is 3.14. The van der Waals surface area contributed by atoms with Crippen molar-refractivity contribution in [3.63, 3.8) is 0 Å². The first kappa shape index (κ1) is 13.5. The van der Waals surface area contributed by atoms with Crippen molar-refractivity contribution in [3.05, 3.63) is 34.6 Å². The fraction of sp³-hybridized carbons (Fsp3) is 0.200. The molecule has 0 saturated carbocycles. The van der Waals surface area contributed by atoms with Gasteiger partial charge in [0.1, 0.15) is 11.9 Å². The molecule has 0 N–H and O–H groups in total. The molecule has 0 heterocycles. The highest BCUT2D eigenvalue weighted by Crippen LogP contribution is 2.33. The number of alkyl halides is 4. The quantitative estimate of drug-likeness (QED) is 0.468. The summed E-state index contributed by atoms with van der Waals surface area (Å²) in [7, 11) is 0. The van der Waals surface area contributed by atoms with Gasteiger partial charge in [0.05, 0.1) is 17.0 Å². The predicted molar refractivity (Wildman–Crippen MR) is 51.2 cm³/mol. The Morgan fingerprint density at radius 2 is 2.00 bits per heavy atom. The van der Waals surface area contributed by atoms with Crippen LogP contribution in [0.5, 0.6) is 0 Å². The Bertz CT molecular complexity index is 504. The van der Waals surface area contributed by atoms with Crippen LogP contribution in [0.4, 0.5) is 17.6 Å². The molecule has 0 amide bonds. The van der Waals surface area contributed by atoms with E-state index in [9.17, 15) is 22.4 Å². The van der Waals surface area contributed by atoms with Gasteiger partial charge < -0.3 is 0 Å². The van der Waals surface area contributed by atoms with Gasteiger partial charge in [-0.15, -0.1) is 11.6 Å². The zero-order valence-corrected chi connectivity index (χ0v) is 8.86. The molecule has 0 radical (unpaired) electrons. The summed E-state index contributed by atoms with van der Waals surface area (Å²) < 4.78 is 50.7. The number of halogens is 5. The van der Waals surface area contributed by atoms with E-state index in [4.69, 9.17) is 16.9 Å². The minimum Gasteiger partial charge on any atom is -0.293 e. The Morgan fingerprint density at radius 3 is 2.41 bits per heavy atom. The molecule has 0 spiro atoms. The van der Waals surface area contributed by atoms with Crippen LogP contribution >= 0.6 is 11.6 Å². The molecule has 1 rings (SSSR count). The zero-order chi connectivity index (χ0) is 13.2. The normalized spacial score (nSPS) is 11.1. The highest BCUT2D eigenvalue weighted by Gasteiger charge is 2.36. The second kappa shape index (κ2) is 4.72. The fourth-order valence-electron chi connectivity index (χ4n) is 1.18. The highest BCUT2D eigenvalue weighted by molar-refractivity contribution is 6.30. The summed E-state index contributed by atoms with van der Waals surface area (Å²) in [5.41, 5.74) is -3.12. The van der Waals surface area contributed by atoms with E-state index in [1.807, 2.05) is 0 Å². The van der Waals surface area contributed by atoms with Crippen LogP contribution in [0.25, 0.3) is 0 Å². The largest absolute Gasteiger partial charge is 0.417 e. The van der Waals surface area contributed by atoms with E-state index >= 15 is 0 Å². The lowest BCUT2D eigenvalue weighted by atomic mass is 10.0. The minimum atomic E-state index is -4.91. The maximum atomic E-state index is 13.2. The summed E-state index contributed by atoms with van der Waals surface area (Å²) in [4.78, 5) is 11.1. The van der Waals surface area contributed by atoms with Crippen LogP contribution < -0.4 is 0 Å². The lowest BCUT2D eigenvalue weighted by molar-refractivity contribution is -0.138. The van der Waals surface area contributed by atoms with Gasteiger partial charge in [-0.2, -0.15) is 18.4 Å². The lowest BCUT2D eigenvalue weighted by Crippen LogP contribution is -2.12. The van der Waals surface area contributed by atoms with Crippen molar-refractivity contribution in [2.75, 3.05) is 5.88 Å². The van der Waals surface area contributed by atoms with Crippen LogP contribution in [0.3, 0.4) is 0 Å². The first-order valence-electron chi connectivity index (χ1n) is 4.21. The van der Waals surface area contributed by atoms with Gasteiger partial charge in [0.25, 0.3) is 0 Å². The lowest BCUT2D eigenvalue weighted by Gasteiger charge is -2.10. The van der Waals surface area contributed by atoms with Crippen molar-refractivity contribution in [2.24, 2.45) is 0 Å². The van der Waals surface area contributed by atoms with Crippen LogP contribution in [0, 0.1) is 17.1 Å². The summed E-state index contributed by atoms with van der Waals surface area (Å²) in [6.45, 7) is 0. The number of ketones is 1. The first-order chi connectivity index (χ1) is 7.81. The van der Waals surface area contributed by atoms with Crippen molar-refractivity contribution in [1.29, 1.82) is 5.26 Å². The summed E-state index contributed by atoms with van der Waals surface area (Å²) in [6.07, 6.45) is -4.91.